The van der Waals surface area contributed by atoms with Crippen LogP contribution in [0.2, 0.25) is 5.02 Å². The number of hydrogen-bond acceptors (Lipinski definition) is 2. The van der Waals surface area contributed by atoms with E-state index in [1.807, 2.05) is 18.2 Å². The number of rotatable bonds is 4. The fraction of sp³-hybridized carbons (Fsp3) is 0.500. The SMILES string of the molecule is C=CCN1C2CCCC1CC(NC(=O)Nc1ccc(Cl)cc1)C2. The summed E-state index contributed by atoms with van der Waals surface area (Å²) >= 11 is 5.86. The van der Waals surface area contributed by atoms with Crippen LogP contribution in [-0.2, 0) is 0 Å². The van der Waals surface area contributed by atoms with Gasteiger partial charge >= 0.3 is 6.03 Å². The average molecular weight is 334 g/mol. The van der Waals surface area contributed by atoms with E-state index in [-0.39, 0.29) is 12.1 Å². The van der Waals surface area contributed by atoms with Crippen LogP contribution >= 0.6 is 11.6 Å². The molecule has 2 heterocycles. The number of nitrogens with one attached hydrogen (secondary N) is 2. The van der Waals surface area contributed by atoms with Crippen molar-refractivity contribution in [2.24, 2.45) is 0 Å². The van der Waals surface area contributed by atoms with Crippen LogP contribution in [0.4, 0.5) is 10.5 Å². The van der Waals surface area contributed by atoms with Crippen molar-refractivity contribution in [2.75, 3.05) is 11.9 Å². The first-order chi connectivity index (χ1) is 11.2. The Morgan fingerprint density at radius 2 is 1.91 bits per heavy atom. The number of urea groups is 1. The summed E-state index contributed by atoms with van der Waals surface area (Å²) in [5.41, 5.74) is 0.760. The van der Waals surface area contributed by atoms with Gasteiger partial charge in [-0.05, 0) is 49.9 Å². The second-order valence-electron chi connectivity index (χ2n) is 6.50. The molecule has 2 atom stereocenters. The topological polar surface area (TPSA) is 44.4 Å². The minimum atomic E-state index is -0.132. The Bertz CT molecular complexity index is 546. The quantitative estimate of drug-likeness (QED) is 0.817. The third kappa shape index (κ3) is 4.06. The van der Waals surface area contributed by atoms with E-state index in [1.165, 1.54) is 19.3 Å². The average Bonchev–Trinajstić information content (AvgIpc) is 2.50. The van der Waals surface area contributed by atoms with Crippen LogP contribution in [-0.4, -0.2) is 35.6 Å². The molecule has 2 N–H and O–H groups in total. The lowest BCUT2D eigenvalue weighted by molar-refractivity contribution is 0.0375. The molecule has 2 bridgehead atoms. The van der Waals surface area contributed by atoms with Crippen LogP contribution in [0.3, 0.4) is 0 Å². The van der Waals surface area contributed by atoms with Crippen LogP contribution < -0.4 is 10.6 Å². The zero-order valence-corrected chi connectivity index (χ0v) is 14.1. The Balaban J connectivity index is 1.55. The molecule has 0 radical (unpaired) electrons. The maximum Gasteiger partial charge on any atom is 0.319 e. The van der Waals surface area contributed by atoms with Crippen molar-refractivity contribution in [3.8, 4) is 0 Å². The molecule has 1 aromatic rings. The second kappa shape index (κ2) is 7.37. The van der Waals surface area contributed by atoms with E-state index >= 15 is 0 Å². The number of fused-ring (bicyclic) bond motifs is 2. The van der Waals surface area contributed by atoms with Gasteiger partial charge in [-0.1, -0.05) is 24.1 Å². The fourth-order valence-electron chi connectivity index (χ4n) is 3.93. The number of carbonyl (C=O) groups is 1. The molecule has 2 amide bonds. The minimum Gasteiger partial charge on any atom is -0.335 e. The molecule has 2 saturated heterocycles. The normalized spacial score (nSPS) is 27.3. The Morgan fingerprint density at radius 1 is 1.26 bits per heavy atom. The highest BCUT2D eigenvalue weighted by Gasteiger charge is 2.37. The zero-order chi connectivity index (χ0) is 16.2. The Kier molecular flexibility index (Phi) is 5.23. The molecule has 0 aromatic heterocycles. The zero-order valence-electron chi connectivity index (χ0n) is 13.3. The maximum absolute atomic E-state index is 12.2. The monoisotopic (exact) mass is 333 g/mol. The first-order valence-corrected chi connectivity index (χ1v) is 8.73. The van der Waals surface area contributed by atoms with E-state index in [0.29, 0.717) is 17.1 Å². The van der Waals surface area contributed by atoms with Crippen LogP contribution in [0.5, 0.6) is 0 Å². The van der Waals surface area contributed by atoms with Gasteiger partial charge in [0.15, 0.2) is 0 Å². The van der Waals surface area contributed by atoms with Crippen molar-refractivity contribution in [3.05, 3.63) is 41.9 Å². The number of carbonyl (C=O) groups excluding carboxylic acids is 1. The standard InChI is InChI=1S/C18H24ClN3O/c1-2-10-22-16-4-3-5-17(22)12-15(11-16)21-18(23)20-14-8-6-13(19)7-9-14/h2,6-9,15-17H,1,3-5,10-12H2,(H2,20,21,23). The van der Waals surface area contributed by atoms with E-state index < -0.39 is 0 Å². The lowest BCUT2D eigenvalue weighted by Gasteiger charge is -2.48. The van der Waals surface area contributed by atoms with Gasteiger partial charge in [0.05, 0.1) is 0 Å². The molecule has 0 spiro atoms. The number of halogens is 1. The lowest BCUT2D eigenvalue weighted by Crippen LogP contribution is -2.57. The first kappa shape index (κ1) is 16.3. The highest BCUT2D eigenvalue weighted by atomic mass is 35.5. The molecule has 0 aliphatic carbocycles. The van der Waals surface area contributed by atoms with Crippen LogP contribution in [0.15, 0.2) is 36.9 Å². The van der Waals surface area contributed by atoms with E-state index in [4.69, 9.17) is 11.6 Å². The van der Waals surface area contributed by atoms with Gasteiger partial charge < -0.3 is 10.6 Å². The molecule has 124 valence electrons. The van der Waals surface area contributed by atoms with Crippen molar-refractivity contribution in [2.45, 2.75) is 50.2 Å². The molecule has 1 aromatic carbocycles. The number of anilines is 1. The van der Waals surface area contributed by atoms with Crippen LogP contribution in [0.25, 0.3) is 0 Å². The molecule has 2 unspecified atom stereocenters. The summed E-state index contributed by atoms with van der Waals surface area (Å²) in [6, 6.07) is 8.42. The lowest BCUT2D eigenvalue weighted by atomic mass is 9.82. The summed E-state index contributed by atoms with van der Waals surface area (Å²) < 4.78 is 0. The van der Waals surface area contributed by atoms with Crippen LogP contribution in [0, 0.1) is 0 Å². The summed E-state index contributed by atoms with van der Waals surface area (Å²) in [6.45, 7) is 4.83. The molecule has 2 fully saturated rings. The molecule has 3 rings (SSSR count). The van der Waals surface area contributed by atoms with Crippen molar-refractivity contribution < 1.29 is 4.79 Å². The predicted octanol–water partition coefficient (Wildman–Crippen LogP) is 4.03. The van der Waals surface area contributed by atoms with E-state index in [1.54, 1.807) is 12.1 Å². The van der Waals surface area contributed by atoms with E-state index in [2.05, 4.69) is 22.1 Å². The number of nitrogens with zero attached hydrogens (tertiary/aromatic N) is 1. The van der Waals surface area contributed by atoms with Gasteiger partial charge in [0.25, 0.3) is 0 Å². The Hall–Kier alpha value is -1.52. The molecule has 23 heavy (non-hydrogen) atoms. The fourth-order valence-corrected chi connectivity index (χ4v) is 4.06. The molecule has 0 saturated carbocycles. The number of amides is 2. The summed E-state index contributed by atoms with van der Waals surface area (Å²) in [6.07, 6.45) is 7.79. The second-order valence-corrected chi connectivity index (χ2v) is 6.93. The molecule has 2 aliphatic rings. The van der Waals surface area contributed by atoms with Crippen molar-refractivity contribution in [3.63, 3.8) is 0 Å². The van der Waals surface area contributed by atoms with Gasteiger partial charge in [-0.15, -0.1) is 6.58 Å². The number of piperidine rings is 2. The molecular formula is C18H24ClN3O. The highest BCUT2D eigenvalue weighted by Crippen LogP contribution is 2.33. The third-order valence-corrected chi connectivity index (χ3v) is 5.16. The molecule has 5 heteroatoms. The van der Waals surface area contributed by atoms with Gasteiger partial charge in [-0.3, -0.25) is 4.90 Å². The summed E-state index contributed by atoms with van der Waals surface area (Å²) in [4.78, 5) is 14.8. The Labute approximate surface area is 142 Å². The van der Waals surface area contributed by atoms with Crippen molar-refractivity contribution in [1.82, 2.24) is 10.2 Å². The summed E-state index contributed by atoms with van der Waals surface area (Å²) in [7, 11) is 0. The van der Waals surface area contributed by atoms with E-state index in [0.717, 1.165) is 25.1 Å². The minimum absolute atomic E-state index is 0.132. The molecule has 4 nitrogen and oxygen atoms in total. The van der Waals surface area contributed by atoms with E-state index in [9.17, 15) is 4.79 Å². The predicted molar refractivity (Wildman–Crippen MR) is 95.0 cm³/mol. The van der Waals surface area contributed by atoms with Gasteiger partial charge in [0.1, 0.15) is 0 Å². The van der Waals surface area contributed by atoms with Crippen LogP contribution in [0.1, 0.15) is 32.1 Å². The largest absolute Gasteiger partial charge is 0.335 e. The summed E-state index contributed by atoms with van der Waals surface area (Å²) in [5.74, 6) is 0. The first-order valence-electron chi connectivity index (χ1n) is 8.35. The maximum atomic E-state index is 12.2. The van der Waals surface area contributed by atoms with Gasteiger partial charge in [-0.2, -0.15) is 0 Å². The smallest absolute Gasteiger partial charge is 0.319 e. The van der Waals surface area contributed by atoms with Gasteiger partial charge in [-0.25, -0.2) is 4.79 Å². The van der Waals surface area contributed by atoms with Crippen molar-refractivity contribution in [1.29, 1.82) is 0 Å². The van der Waals surface area contributed by atoms with Gasteiger partial charge in [0, 0.05) is 35.4 Å². The van der Waals surface area contributed by atoms with Gasteiger partial charge in [0.2, 0.25) is 0 Å². The third-order valence-electron chi connectivity index (χ3n) is 4.90. The van der Waals surface area contributed by atoms with Crippen molar-refractivity contribution >= 4 is 23.3 Å². The number of hydrogen-bond donors (Lipinski definition) is 2. The number of benzene rings is 1. The molecule has 2 aliphatic heterocycles. The summed E-state index contributed by atoms with van der Waals surface area (Å²) in [5, 5.41) is 6.68. The molecular weight excluding hydrogens is 310 g/mol. The Morgan fingerprint density at radius 3 is 2.52 bits per heavy atom. The highest BCUT2D eigenvalue weighted by molar-refractivity contribution is 6.30.